The first-order valence-corrected chi connectivity index (χ1v) is 12.1. The molecule has 2 aromatic rings. The quantitative estimate of drug-likeness (QED) is 0.533. The Hall–Kier alpha value is -2.71. The molecule has 174 valence electrons. The van der Waals surface area contributed by atoms with E-state index < -0.39 is 28.1 Å². The zero-order chi connectivity index (χ0) is 23.9. The molecule has 7 nitrogen and oxygen atoms in total. The predicted octanol–water partition coefficient (Wildman–Crippen LogP) is 3.70. The number of sulfonamides is 1. The first-order valence-electron chi connectivity index (χ1n) is 10.6. The molecule has 8 heteroatoms. The van der Waals surface area contributed by atoms with Gasteiger partial charge in [-0.2, -0.15) is 4.31 Å². The van der Waals surface area contributed by atoms with Crippen molar-refractivity contribution in [1.82, 2.24) is 9.21 Å². The van der Waals surface area contributed by atoms with Gasteiger partial charge in [-0.25, -0.2) is 13.2 Å². The molecule has 0 heterocycles. The van der Waals surface area contributed by atoms with Gasteiger partial charge in [-0.1, -0.05) is 50.2 Å². The Morgan fingerprint density at radius 1 is 0.938 bits per heavy atom. The van der Waals surface area contributed by atoms with Crippen molar-refractivity contribution in [2.24, 2.45) is 0 Å². The number of amides is 1. The van der Waals surface area contributed by atoms with E-state index in [1.165, 1.54) is 28.6 Å². The van der Waals surface area contributed by atoms with Gasteiger partial charge in [0.05, 0.1) is 10.5 Å². The minimum Gasteiger partial charge on any atom is -0.452 e. The van der Waals surface area contributed by atoms with Crippen LogP contribution in [-0.4, -0.2) is 54.7 Å². The summed E-state index contributed by atoms with van der Waals surface area (Å²) in [6.07, 6.45) is 0. The highest BCUT2D eigenvalue weighted by atomic mass is 32.2. The molecule has 0 aliphatic heterocycles. The second-order valence-corrected chi connectivity index (χ2v) is 10.3. The van der Waals surface area contributed by atoms with E-state index in [0.29, 0.717) is 19.6 Å². The van der Waals surface area contributed by atoms with Crippen molar-refractivity contribution in [3.63, 3.8) is 0 Å². The third-order valence-corrected chi connectivity index (χ3v) is 7.08. The van der Waals surface area contributed by atoms with Crippen LogP contribution in [-0.2, 0) is 26.1 Å². The van der Waals surface area contributed by atoms with Crippen LogP contribution in [0.2, 0.25) is 0 Å². The molecule has 0 atom stereocenters. The fourth-order valence-corrected chi connectivity index (χ4v) is 4.75. The van der Waals surface area contributed by atoms with Gasteiger partial charge in [0, 0.05) is 25.2 Å². The van der Waals surface area contributed by atoms with Crippen LogP contribution >= 0.6 is 0 Å². The Labute approximate surface area is 191 Å². The van der Waals surface area contributed by atoms with E-state index in [1.54, 1.807) is 18.7 Å². The lowest BCUT2D eigenvalue weighted by atomic mass is 10.0. The number of esters is 1. The van der Waals surface area contributed by atoms with Gasteiger partial charge in [0.25, 0.3) is 5.91 Å². The molecule has 2 rings (SSSR count). The third-order valence-electron chi connectivity index (χ3n) is 5.03. The molecule has 0 saturated carbocycles. The molecule has 0 fully saturated rings. The first-order chi connectivity index (χ1) is 15.0. The molecule has 0 saturated heterocycles. The summed E-state index contributed by atoms with van der Waals surface area (Å²) in [4.78, 5) is 27.1. The minimum atomic E-state index is -3.71. The Kier molecular flexibility index (Phi) is 8.58. The molecule has 0 aliphatic carbocycles. The van der Waals surface area contributed by atoms with Crippen LogP contribution in [0.1, 0.15) is 50.5 Å². The van der Waals surface area contributed by atoms with Crippen LogP contribution in [0.3, 0.4) is 0 Å². The molecule has 1 amide bonds. The fourth-order valence-electron chi connectivity index (χ4n) is 3.25. The van der Waals surface area contributed by atoms with E-state index in [1.807, 2.05) is 51.1 Å². The molecular formula is C24H32N2O5S. The summed E-state index contributed by atoms with van der Waals surface area (Å²) in [6.45, 7) is 9.85. The molecule has 0 aromatic heterocycles. The average Bonchev–Trinajstić information content (AvgIpc) is 2.76. The van der Waals surface area contributed by atoms with Crippen LogP contribution < -0.4 is 0 Å². The monoisotopic (exact) mass is 460 g/mol. The maximum atomic E-state index is 12.9. The second kappa shape index (κ2) is 10.7. The molecular weight excluding hydrogens is 428 g/mol. The van der Waals surface area contributed by atoms with Crippen LogP contribution in [0.25, 0.3) is 0 Å². The summed E-state index contributed by atoms with van der Waals surface area (Å²) < 4.78 is 32.0. The van der Waals surface area contributed by atoms with Gasteiger partial charge >= 0.3 is 5.97 Å². The number of nitrogens with zero attached hydrogens (tertiary/aromatic N) is 2. The maximum Gasteiger partial charge on any atom is 0.338 e. The first kappa shape index (κ1) is 25.5. The number of hydrogen-bond donors (Lipinski definition) is 0. The van der Waals surface area contributed by atoms with Crippen molar-refractivity contribution in [1.29, 1.82) is 0 Å². The lowest BCUT2D eigenvalue weighted by Crippen LogP contribution is -2.46. The Bertz CT molecular complexity index is 1030. The average molecular weight is 461 g/mol. The largest absolute Gasteiger partial charge is 0.452 e. The van der Waals surface area contributed by atoms with Crippen molar-refractivity contribution in [2.45, 2.75) is 51.6 Å². The normalized spacial score (nSPS) is 11.9. The van der Waals surface area contributed by atoms with E-state index in [9.17, 15) is 18.0 Å². The van der Waals surface area contributed by atoms with Gasteiger partial charge in [-0.05, 0) is 44.5 Å². The molecule has 32 heavy (non-hydrogen) atoms. The molecule has 0 N–H and O–H groups in total. The topological polar surface area (TPSA) is 84.0 Å². The maximum absolute atomic E-state index is 12.9. The van der Waals surface area contributed by atoms with Gasteiger partial charge in [-0.15, -0.1) is 0 Å². The van der Waals surface area contributed by atoms with Crippen LogP contribution in [0.15, 0.2) is 59.5 Å². The van der Waals surface area contributed by atoms with E-state index in [0.717, 1.165) is 5.56 Å². The van der Waals surface area contributed by atoms with Gasteiger partial charge in [0.2, 0.25) is 10.0 Å². The zero-order valence-electron chi connectivity index (χ0n) is 19.4. The standard InChI is InChI=1S/C24H32N2O5S/c1-6-25(7-2)32(29,30)21-15-11-14-20(16-21)23(28)31-18-22(27)26(24(3,4)5)17-19-12-9-8-10-13-19/h8-16H,6-7,17-18H2,1-5H3. The van der Waals surface area contributed by atoms with Crippen LogP contribution in [0.4, 0.5) is 0 Å². The number of carbonyl (C=O) groups is 2. The fraction of sp³-hybridized carbons (Fsp3) is 0.417. The van der Waals surface area contributed by atoms with Crippen molar-refractivity contribution in [3.8, 4) is 0 Å². The van der Waals surface area contributed by atoms with Crippen molar-refractivity contribution in [2.75, 3.05) is 19.7 Å². The predicted molar refractivity (Wildman–Crippen MR) is 124 cm³/mol. The molecule has 0 unspecified atom stereocenters. The number of ether oxygens (including phenoxy) is 1. The number of rotatable bonds is 9. The van der Waals surface area contributed by atoms with E-state index in [2.05, 4.69) is 0 Å². The van der Waals surface area contributed by atoms with Gasteiger partial charge < -0.3 is 9.64 Å². The minimum absolute atomic E-state index is 0.0161. The highest BCUT2D eigenvalue weighted by Gasteiger charge is 2.28. The number of carbonyl (C=O) groups excluding carboxylic acids is 2. The lowest BCUT2D eigenvalue weighted by molar-refractivity contribution is -0.140. The molecule has 0 aliphatic rings. The summed E-state index contributed by atoms with van der Waals surface area (Å²) in [5.74, 6) is -1.08. The van der Waals surface area contributed by atoms with Crippen molar-refractivity contribution < 1.29 is 22.7 Å². The number of hydrogen-bond acceptors (Lipinski definition) is 5. The summed E-state index contributed by atoms with van der Waals surface area (Å²) in [7, 11) is -3.71. The zero-order valence-corrected chi connectivity index (χ0v) is 20.2. The molecule has 2 aromatic carbocycles. The second-order valence-electron chi connectivity index (χ2n) is 8.33. The smallest absolute Gasteiger partial charge is 0.338 e. The van der Waals surface area contributed by atoms with Gasteiger partial charge in [-0.3, -0.25) is 4.79 Å². The summed E-state index contributed by atoms with van der Waals surface area (Å²) >= 11 is 0. The third kappa shape index (κ3) is 6.40. The van der Waals surface area contributed by atoms with Gasteiger partial charge in [0.15, 0.2) is 6.61 Å². The molecule has 0 spiro atoms. The highest BCUT2D eigenvalue weighted by Crippen LogP contribution is 2.19. The summed E-state index contributed by atoms with van der Waals surface area (Å²) in [5, 5.41) is 0. The molecule has 0 radical (unpaired) electrons. The highest BCUT2D eigenvalue weighted by molar-refractivity contribution is 7.89. The summed E-state index contributed by atoms with van der Waals surface area (Å²) in [5.41, 5.74) is 0.574. The Morgan fingerprint density at radius 2 is 1.56 bits per heavy atom. The SMILES string of the molecule is CCN(CC)S(=O)(=O)c1cccc(C(=O)OCC(=O)N(Cc2ccccc2)C(C)(C)C)c1. The lowest BCUT2D eigenvalue weighted by Gasteiger charge is -2.35. The Morgan fingerprint density at radius 3 is 2.12 bits per heavy atom. The van der Waals surface area contributed by atoms with Gasteiger partial charge in [0.1, 0.15) is 0 Å². The Balaban J connectivity index is 2.13. The molecule has 0 bridgehead atoms. The van der Waals surface area contributed by atoms with Crippen LogP contribution in [0.5, 0.6) is 0 Å². The summed E-state index contributed by atoms with van der Waals surface area (Å²) in [6, 6.07) is 15.3. The number of benzene rings is 2. The van der Waals surface area contributed by atoms with Crippen molar-refractivity contribution >= 4 is 21.9 Å². The van der Waals surface area contributed by atoms with Crippen molar-refractivity contribution in [3.05, 3.63) is 65.7 Å². The van der Waals surface area contributed by atoms with Crippen LogP contribution in [0, 0.1) is 0 Å². The van der Waals surface area contributed by atoms with E-state index in [4.69, 9.17) is 4.74 Å². The van der Waals surface area contributed by atoms with E-state index in [-0.39, 0.29) is 16.4 Å². The van der Waals surface area contributed by atoms with E-state index >= 15 is 0 Å².